The quantitative estimate of drug-likeness (QED) is 0.587. The Kier molecular flexibility index (Phi) is 4.56. The van der Waals surface area contributed by atoms with Crippen LogP contribution in [0.4, 0.5) is 13.2 Å². The number of ether oxygens (including phenoxy) is 3. The van der Waals surface area contributed by atoms with Crippen molar-refractivity contribution in [2.24, 2.45) is 0 Å². The van der Waals surface area contributed by atoms with Gasteiger partial charge in [-0.3, -0.25) is 0 Å². The summed E-state index contributed by atoms with van der Waals surface area (Å²) in [5, 5.41) is 0. The molecular weight excluding hydrogens is 353 g/mol. The van der Waals surface area contributed by atoms with Crippen molar-refractivity contribution in [3.05, 3.63) is 47.7 Å². The summed E-state index contributed by atoms with van der Waals surface area (Å²) in [6.07, 6.45) is -1.57. The lowest BCUT2D eigenvalue weighted by molar-refractivity contribution is -0.146. The van der Waals surface area contributed by atoms with Crippen molar-refractivity contribution in [2.75, 3.05) is 6.61 Å². The van der Waals surface area contributed by atoms with Gasteiger partial charge in [0.25, 0.3) is 0 Å². The molecule has 2 bridgehead atoms. The number of hydrogen-bond donors (Lipinski definition) is 0. The van der Waals surface area contributed by atoms with Crippen LogP contribution < -0.4 is 0 Å². The molecule has 24 heavy (non-hydrogen) atoms. The van der Waals surface area contributed by atoms with Crippen molar-refractivity contribution < 1.29 is 40.0 Å². The minimum atomic E-state index is -5.77. The maximum absolute atomic E-state index is 12.5. The minimum Gasteiger partial charge on any atom is -0.378 e. The van der Waals surface area contributed by atoms with Crippen LogP contribution in [0.15, 0.2) is 42.2 Å². The van der Waals surface area contributed by atoms with Gasteiger partial charge in [0.05, 0.1) is 13.2 Å². The van der Waals surface area contributed by atoms with Crippen LogP contribution in [0.2, 0.25) is 0 Å². The topological polar surface area (TPSA) is 71.1 Å². The summed E-state index contributed by atoms with van der Waals surface area (Å²) in [5.41, 5.74) is -4.69. The fourth-order valence-corrected chi connectivity index (χ4v) is 2.75. The summed E-state index contributed by atoms with van der Waals surface area (Å²) in [6, 6.07) is 9.04. The van der Waals surface area contributed by atoms with Gasteiger partial charge in [-0.15, -0.1) is 0 Å². The molecule has 10 heteroatoms. The van der Waals surface area contributed by atoms with E-state index in [1.54, 1.807) is 24.3 Å². The first kappa shape index (κ1) is 17.2. The molecule has 0 aromatic heterocycles. The molecule has 0 saturated carbocycles. The maximum atomic E-state index is 12.5. The molecule has 2 aliphatic rings. The summed E-state index contributed by atoms with van der Waals surface area (Å²) >= 11 is 0. The molecule has 1 aromatic carbocycles. The number of alkyl halides is 3. The second kappa shape index (κ2) is 6.36. The van der Waals surface area contributed by atoms with Crippen LogP contribution in [0.25, 0.3) is 0 Å². The van der Waals surface area contributed by atoms with Gasteiger partial charge in [0, 0.05) is 0 Å². The zero-order valence-corrected chi connectivity index (χ0v) is 12.9. The van der Waals surface area contributed by atoms with Gasteiger partial charge in [-0.25, -0.2) is 0 Å². The van der Waals surface area contributed by atoms with Crippen molar-refractivity contribution in [3.8, 4) is 0 Å². The van der Waals surface area contributed by atoms with Gasteiger partial charge in [-0.05, 0) is 11.6 Å². The summed E-state index contributed by atoms with van der Waals surface area (Å²) < 4.78 is 79.9. The van der Waals surface area contributed by atoms with E-state index >= 15 is 0 Å². The van der Waals surface area contributed by atoms with Crippen molar-refractivity contribution in [1.29, 1.82) is 0 Å². The summed E-state index contributed by atoms with van der Waals surface area (Å²) in [7, 11) is -5.77. The second-order valence-corrected chi connectivity index (χ2v) is 6.68. The van der Waals surface area contributed by atoms with Crippen molar-refractivity contribution in [3.63, 3.8) is 0 Å². The third-order valence-electron chi connectivity index (χ3n) is 3.40. The third kappa shape index (κ3) is 3.56. The molecule has 0 unspecified atom stereocenters. The highest BCUT2D eigenvalue weighted by atomic mass is 32.2. The molecule has 1 saturated heterocycles. The normalized spacial score (nSPS) is 27.0. The number of fused-ring (bicyclic) bond motifs is 2. The number of benzene rings is 1. The largest absolute Gasteiger partial charge is 0.534 e. The Morgan fingerprint density at radius 1 is 1.21 bits per heavy atom. The Bertz CT molecular complexity index is 716. The van der Waals surface area contributed by atoms with Crippen LogP contribution in [-0.4, -0.2) is 39.0 Å². The molecule has 0 aliphatic carbocycles. The minimum absolute atomic E-state index is 0.116. The molecule has 1 fully saturated rings. The predicted molar refractivity (Wildman–Crippen MR) is 73.8 cm³/mol. The molecule has 132 valence electrons. The van der Waals surface area contributed by atoms with Crippen molar-refractivity contribution in [2.45, 2.75) is 30.6 Å². The molecule has 0 N–H and O–H groups in total. The van der Waals surface area contributed by atoms with Crippen LogP contribution in [0.5, 0.6) is 0 Å². The smallest absolute Gasteiger partial charge is 0.378 e. The van der Waals surface area contributed by atoms with E-state index in [1.165, 1.54) is 0 Å². The maximum Gasteiger partial charge on any atom is 0.534 e. The van der Waals surface area contributed by atoms with Crippen LogP contribution in [0, 0.1) is 0 Å². The Morgan fingerprint density at radius 2 is 1.92 bits per heavy atom. The zero-order chi connectivity index (χ0) is 17.4. The van der Waals surface area contributed by atoms with E-state index in [9.17, 15) is 21.6 Å². The molecule has 0 amide bonds. The van der Waals surface area contributed by atoms with Crippen LogP contribution in [0.3, 0.4) is 0 Å². The van der Waals surface area contributed by atoms with E-state index in [0.717, 1.165) is 11.6 Å². The van der Waals surface area contributed by atoms with Gasteiger partial charge in [0.15, 0.2) is 6.29 Å². The van der Waals surface area contributed by atoms with Gasteiger partial charge >= 0.3 is 15.6 Å². The monoisotopic (exact) mass is 366 g/mol. The Balaban J connectivity index is 1.73. The van der Waals surface area contributed by atoms with Gasteiger partial charge < -0.3 is 18.4 Å². The number of halogens is 3. The molecule has 3 rings (SSSR count). The summed E-state index contributed by atoms with van der Waals surface area (Å²) in [6.45, 7) is 0.0320. The lowest BCUT2D eigenvalue weighted by atomic mass is 10.2. The molecule has 6 nitrogen and oxygen atoms in total. The molecule has 2 heterocycles. The van der Waals surface area contributed by atoms with Gasteiger partial charge in [0.2, 0.25) is 0 Å². The predicted octanol–water partition coefficient (Wildman–Crippen LogP) is 2.08. The SMILES string of the molecule is O=S(=O)(OC1=C[C@@H](OCc2ccccc2)[C@@H]2OC[C@H]1O2)C(F)(F)F. The first-order valence-corrected chi connectivity index (χ1v) is 8.32. The van der Waals surface area contributed by atoms with Crippen LogP contribution >= 0.6 is 0 Å². The highest BCUT2D eigenvalue weighted by Gasteiger charge is 2.51. The Hall–Kier alpha value is -1.62. The average Bonchev–Trinajstić information content (AvgIpc) is 2.94. The Morgan fingerprint density at radius 3 is 2.58 bits per heavy atom. The molecule has 3 atom stereocenters. The van der Waals surface area contributed by atoms with Gasteiger partial charge in [-0.1, -0.05) is 30.3 Å². The summed E-state index contributed by atoms with van der Waals surface area (Å²) in [4.78, 5) is 0. The van der Waals surface area contributed by atoms with Gasteiger partial charge in [0.1, 0.15) is 18.0 Å². The van der Waals surface area contributed by atoms with E-state index in [0.29, 0.717) is 0 Å². The zero-order valence-electron chi connectivity index (χ0n) is 12.1. The Labute approximate surface area is 135 Å². The molecular formula is C14H13F3O6S. The fraction of sp³-hybridized carbons (Fsp3) is 0.429. The van der Waals surface area contributed by atoms with Crippen molar-refractivity contribution >= 4 is 10.1 Å². The number of rotatable bonds is 5. The molecule has 2 aliphatic heterocycles. The first-order valence-electron chi connectivity index (χ1n) is 6.91. The van der Waals surface area contributed by atoms with E-state index in [-0.39, 0.29) is 13.2 Å². The summed E-state index contributed by atoms with van der Waals surface area (Å²) in [5.74, 6) is -0.487. The van der Waals surface area contributed by atoms with E-state index in [4.69, 9.17) is 14.2 Å². The third-order valence-corrected chi connectivity index (χ3v) is 4.38. The van der Waals surface area contributed by atoms with E-state index < -0.39 is 39.9 Å². The first-order chi connectivity index (χ1) is 11.3. The highest BCUT2D eigenvalue weighted by molar-refractivity contribution is 7.87. The van der Waals surface area contributed by atoms with E-state index in [2.05, 4.69) is 4.18 Å². The van der Waals surface area contributed by atoms with Crippen LogP contribution in [-0.2, 0) is 35.1 Å². The highest BCUT2D eigenvalue weighted by Crippen LogP contribution is 2.34. The van der Waals surface area contributed by atoms with Gasteiger partial charge in [-0.2, -0.15) is 21.6 Å². The van der Waals surface area contributed by atoms with E-state index in [1.807, 2.05) is 6.07 Å². The van der Waals surface area contributed by atoms with Crippen LogP contribution in [0.1, 0.15) is 5.56 Å². The average molecular weight is 366 g/mol. The second-order valence-electron chi connectivity index (χ2n) is 5.14. The number of hydrogen-bond acceptors (Lipinski definition) is 6. The molecule has 0 radical (unpaired) electrons. The lowest BCUT2D eigenvalue weighted by Crippen LogP contribution is -2.36. The molecule has 1 aromatic rings. The molecule has 0 spiro atoms. The standard InChI is InChI=1S/C14H13F3O6S/c15-14(16,17)24(18,19)23-10-6-11(13-21-8-12(10)22-13)20-7-9-4-2-1-3-5-9/h1-6,11-13H,7-8H2/t11-,12-,13-/m1/s1. The van der Waals surface area contributed by atoms with Crippen molar-refractivity contribution in [1.82, 2.24) is 0 Å². The lowest BCUT2D eigenvalue weighted by Gasteiger charge is -2.26. The fourth-order valence-electron chi connectivity index (χ4n) is 2.24.